The van der Waals surface area contributed by atoms with Crippen LogP contribution in [0.2, 0.25) is 0 Å². The van der Waals surface area contributed by atoms with Crippen LogP contribution in [0.15, 0.2) is 231 Å². The molecule has 0 N–H and O–H groups in total. The maximum absolute atomic E-state index is 2.47. The minimum atomic E-state index is -0.504. The van der Waals surface area contributed by atoms with Gasteiger partial charge in [-0.25, -0.2) is 0 Å². The third kappa shape index (κ3) is 4.54. The van der Waals surface area contributed by atoms with E-state index in [0.717, 1.165) is 0 Å². The third-order valence-corrected chi connectivity index (χ3v) is 14.4. The van der Waals surface area contributed by atoms with Crippen LogP contribution in [0.25, 0.3) is 109 Å². The van der Waals surface area contributed by atoms with Gasteiger partial charge in [-0.15, -0.1) is 0 Å². The average molecular weight is 795 g/mol. The second kappa shape index (κ2) is 13.0. The van der Waals surface area contributed by atoms with Crippen LogP contribution in [-0.4, -0.2) is 0 Å². The van der Waals surface area contributed by atoms with E-state index in [9.17, 15) is 0 Å². The molecule has 0 saturated carbocycles. The summed E-state index contributed by atoms with van der Waals surface area (Å²) in [6.45, 7) is 0. The Morgan fingerprint density at radius 3 is 1.30 bits per heavy atom. The summed E-state index contributed by atoms with van der Waals surface area (Å²) in [5.41, 5.74) is 17.9. The first-order valence-electron chi connectivity index (χ1n) is 22.1. The Labute approximate surface area is 366 Å². The van der Waals surface area contributed by atoms with E-state index >= 15 is 0 Å². The van der Waals surface area contributed by atoms with Crippen molar-refractivity contribution in [2.24, 2.45) is 0 Å². The van der Waals surface area contributed by atoms with Gasteiger partial charge in [0.1, 0.15) is 0 Å². The van der Waals surface area contributed by atoms with Crippen LogP contribution in [0, 0.1) is 0 Å². The monoisotopic (exact) mass is 794 g/mol. The van der Waals surface area contributed by atoms with Crippen LogP contribution < -0.4 is 0 Å². The molecule has 0 atom stereocenters. The Balaban J connectivity index is 1.08. The lowest BCUT2D eigenvalue weighted by Gasteiger charge is -2.32. The second-order valence-electron chi connectivity index (χ2n) is 17.4. The Bertz CT molecular complexity index is 3800. The molecule has 0 amide bonds. The summed E-state index contributed by atoms with van der Waals surface area (Å²) in [5, 5.41) is 12.8. The lowest BCUT2D eigenvalue weighted by atomic mass is 9.68. The smallest absolute Gasteiger partial charge is 0.0622 e. The molecular weight excluding hydrogens is 757 g/mol. The van der Waals surface area contributed by atoms with Crippen molar-refractivity contribution in [2.45, 2.75) is 5.41 Å². The summed E-state index contributed by atoms with van der Waals surface area (Å²) in [6, 6.07) is 86.6. The fourth-order valence-electron chi connectivity index (χ4n) is 12.1. The van der Waals surface area contributed by atoms with Gasteiger partial charge in [0.2, 0.25) is 0 Å². The zero-order valence-electron chi connectivity index (χ0n) is 34.4. The van der Waals surface area contributed by atoms with E-state index in [1.165, 1.54) is 132 Å². The van der Waals surface area contributed by atoms with Crippen LogP contribution in [-0.2, 0) is 5.41 Å². The lowest BCUT2D eigenvalue weighted by Crippen LogP contribution is -2.26. The highest BCUT2D eigenvalue weighted by atomic mass is 14.5. The normalized spacial score (nSPS) is 13.2. The molecule has 1 spiro atoms. The summed E-state index contributed by atoms with van der Waals surface area (Å²) in [4.78, 5) is 0. The third-order valence-electron chi connectivity index (χ3n) is 14.4. The fourth-order valence-corrected chi connectivity index (χ4v) is 12.1. The average Bonchev–Trinajstić information content (AvgIpc) is 3.84. The first-order valence-corrected chi connectivity index (χ1v) is 22.1. The van der Waals surface area contributed by atoms with Crippen LogP contribution in [0.5, 0.6) is 0 Å². The van der Waals surface area contributed by atoms with E-state index in [2.05, 4.69) is 231 Å². The van der Waals surface area contributed by atoms with Crippen molar-refractivity contribution in [3.63, 3.8) is 0 Å². The molecule has 2 aliphatic rings. The molecule has 12 aromatic carbocycles. The van der Waals surface area contributed by atoms with Gasteiger partial charge in [0.15, 0.2) is 0 Å². The van der Waals surface area contributed by atoms with Gasteiger partial charge in [0, 0.05) is 0 Å². The SMILES string of the molecule is c1ccc(-c2ccccc2-c2c3ccccc3c(-c3ccc4c5c(ccc4c3)-c3c(c4ccccc4c4ccccc34)C53c4ccccc4-c4ccccc43)c3ccccc23)cc1. The molecule has 0 saturated heterocycles. The van der Waals surface area contributed by atoms with Crippen molar-refractivity contribution in [2.75, 3.05) is 0 Å². The number of hydrogen-bond acceptors (Lipinski definition) is 0. The van der Waals surface area contributed by atoms with E-state index in [4.69, 9.17) is 0 Å². The summed E-state index contributed by atoms with van der Waals surface area (Å²) >= 11 is 0. The molecule has 0 unspecified atom stereocenters. The van der Waals surface area contributed by atoms with Gasteiger partial charge in [-0.1, -0.05) is 224 Å². The van der Waals surface area contributed by atoms with Crippen molar-refractivity contribution in [3.8, 4) is 55.6 Å². The van der Waals surface area contributed by atoms with E-state index < -0.39 is 5.41 Å². The minimum absolute atomic E-state index is 0.504. The second-order valence-corrected chi connectivity index (χ2v) is 17.4. The predicted molar refractivity (Wildman–Crippen MR) is 267 cm³/mol. The lowest BCUT2D eigenvalue weighted by molar-refractivity contribution is 0.809. The number of hydrogen-bond donors (Lipinski definition) is 0. The molecule has 0 fully saturated rings. The first-order chi connectivity index (χ1) is 31.3. The number of rotatable bonds is 3. The summed E-state index contributed by atoms with van der Waals surface area (Å²) in [6.07, 6.45) is 0. The van der Waals surface area contributed by atoms with E-state index in [1.54, 1.807) is 0 Å². The van der Waals surface area contributed by atoms with Crippen molar-refractivity contribution >= 4 is 53.9 Å². The number of fused-ring (bicyclic) bond motifs is 19. The number of benzene rings is 12. The fraction of sp³-hybridized carbons (Fsp3) is 0.0159. The Hall–Kier alpha value is -8.06. The van der Waals surface area contributed by atoms with Gasteiger partial charge in [0.05, 0.1) is 5.41 Å². The van der Waals surface area contributed by atoms with E-state index in [1.807, 2.05) is 0 Å². The molecule has 0 heterocycles. The van der Waals surface area contributed by atoms with Crippen LogP contribution in [0.1, 0.15) is 22.3 Å². The highest BCUT2D eigenvalue weighted by Crippen LogP contribution is 2.66. The highest BCUT2D eigenvalue weighted by Gasteiger charge is 2.53. The molecule has 14 rings (SSSR count). The van der Waals surface area contributed by atoms with E-state index in [-0.39, 0.29) is 0 Å². The molecule has 0 heteroatoms. The highest BCUT2D eigenvalue weighted by molar-refractivity contribution is 6.24. The maximum Gasteiger partial charge on any atom is 0.0737 e. The van der Waals surface area contributed by atoms with Crippen LogP contribution >= 0.6 is 0 Å². The molecule has 12 aromatic rings. The summed E-state index contributed by atoms with van der Waals surface area (Å²) in [7, 11) is 0. The minimum Gasteiger partial charge on any atom is -0.0622 e. The van der Waals surface area contributed by atoms with Gasteiger partial charge in [-0.3, -0.25) is 0 Å². The molecule has 290 valence electrons. The van der Waals surface area contributed by atoms with Gasteiger partial charge >= 0.3 is 0 Å². The molecule has 0 aromatic heterocycles. The zero-order valence-corrected chi connectivity index (χ0v) is 34.4. The Morgan fingerprint density at radius 1 is 0.222 bits per heavy atom. The Morgan fingerprint density at radius 2 is 0.683 bits per heavy atom. The van der Waals surface area contributed by atoms with Gasteiger partial charge < -0.3 is 0 Å². The quantitative estimate of drug-likeness (QED) is 0.123. The molecular formula is C63H38. The molecule has 63 heavy (non-hydrogen) atoms. The van der Waals surface area contributed by atoms with Crippen LogP contribution in [0.3, 0.4) is 0 Å². The largest absolute Gasteiger partial charge is 0.0737 e. The van der Waals surface area contributed by atoms with Crippen LogP contribution in [0.4, 0.5) is 0 Å². The molecule has 0 bridgehead atoms. The van der Waals surface area contributed by atoms with Crippen molar-refractivity contribution in [1.29, 1.82) is 0 Å². The summed E-state index contributed by atoms with van der Waals surface area (Å²) < 4.78 is 0. The predicted octanol–water partition coefficient (Wildman–Crippen LogP) is 16.8. The molecule has 0 nitrogen and oxygen atoms in total. The zero-order chi connectivity index (χ0) is 41.2. The molecule has 0 aliphatic heterocycles. The summed E-state index contributed by atoms with van der Waals surface area (Å²) in [5.74, 6) is 0. The van der Waals surface area contributed by atoms with Gasteiger partial charge in [0.25, 0.3) is 0 Å². The van der Waals surface area contributed by atoms with Crippen molar-refractivity contribution in [1.82, 2.24) is 0 Å². The molecule has 2 aliphatic carbocycles. The first kappa shape index (κ1) is 34.6. The van der Waals surface area contributed by atoms with E-state index in [0.29, 0.717) is 0 Å². The maximum atomic E-state index is 2.47. The van der Waals surface area contributed by atoms with Crippen molar-refractivity contribution in [3.05, 3.63) is 253 Å². The van der Waals surface area contributed by atoms with Gasteiger partial charge in [-0.05, 0) is 138 Å². The topological polar surface area (TPSA) is 0 Å². The van der Waals surface area contributed by atoms with Gasteiger partial charge in [-0.2, -0.15) is 0 Å². The Kier molecular flexibility index (Phi) is 7.13. The van der Waals surface area contributed by atoms with Crippen molar-refractivity contribution < 1.29 is 0 Å². The standard InChI is InChI=1S/C63H38/c1-2-18-39(19-3-1)42-20-4-7-25-48(42)59-52-29-11-9-27-50(52)58(51-28-10-12-30-53(51)59)41-35-36-43-40(38-41)34-37-55-60-49-26-8-5-21-44(49)45-22-6-13-31-54(45)62(60)63(61(43)55)56-32-16-14-23-46(56)47-24-15-17-33-57(47)63/h1-38H. The molecule has 0 radical (unpaired) electrons.